The second-order valence-electron chi connectivity index (χ2n) is 6.89. The second kappa shape index (κ2) is 10.4. The van der Waals surface area contributed by atoms with E-state index in [1.807, 2.05) is 49.6 Å². The van der Waals surface area contributed by atoms with E-state index in [0.717, 1.165) is 16.7 Å². The summed E-state index contributed by atoms with van der Waals surface area (Å²) in [7, 11) is 1.83. The van der Waals surface area contributed by atoms with Gasteiger partial charge in [0.1, 0.15) is 5.69 Å². The first kappa shape index (κ1) is 24.1. The van der Waals surface area contributed by atoms with Crippen LogP contribution in [-0.2, 0) is 11.8 Å². The monoisotopic (exact) mass is 469 g/mol. The van der Waals surface area contributed by atoms with Crippen LogP contribution in [0.1, 0.15) is 10.5 Å². The number of nitrogens with zero attached hydrogens (tertiary/aromatic N) is 4. The molecular weight excluding hydrogens is 451 g/mol. The van der Waals surface area contributed by atoms with Crippen molar-refractivity contribution in [1.29, 1.82) is 0 Å². The molecule has 4 aromatic rings. The van der Waals surface area contributed by atoms with Crippen LogP contribution in [0.4, 0.5) is 18.9 Å². The smallest absolute Gasteiger partial charge is 0.475 e. The summed E-state index contributed by atoms with van der Waals surface area (Å²) in [5, 5.41) is 9.97. The minimum absolute atomic E-state index is 0.196. The summed E-state index contributed by atoms with van der Waals surface area (Å²) in [6, 6.07) is 15.2. The first-order chi connectivity index (χ1) is 16.1. The largest absolute Gasteiger partial charge is 0.490 e. The number of alkyl halides is 3. The Morgan fingerprint density at radius 1 is 0.941 bits per heavy atom. The first-order valence-electron chi connectivity index (χ1n) is 9.71. The maximum Gasteiger partial charge on any atom is 0.490 e. The molecule has 0 unspecified atom stereocenters. The number of rotatable bonds is 4. The van der Waals surface area contributed by atoms with Gasteiger partial charge in [-0.25, -0.2) is 14.8 Å². The predicted molar refractivity (Wildman–Crippen MR) is 118 cm³/mol. The molecule has 0 bridgehead atoms. The van der Waals surface area contributed by atoms with Crippen molar-refractivity contribution in [3.05, 3.63) is 85.2 Å². The van der Waals surface area contributed by atoms with Crippen molar-refractivity contribution in [1.82, 2.24) is 19.5 Å². The fraction of sp³-hybridized carbons (Fsp3) is 0.0870. The highest BCUT2D eigenvalue weighted by Crippen LogP contribution is 2.23. The van der Waals surface area contributed by atoms with Crippen molar-refractivity contribution in [3.63, 3.8) is 0 Å². The minimum Gasteiger partial charge on any atom is -0.475 e. The van der Waals surface area contributed by atoms with Crippen LogP contribution in [0.15, 0.2) is 79.5 Å². The maximum atomic E-state index is 12.5. The van der Waals surface area contributed by atoms with Crippen molar-refractivity contribution in [2.45, 2.75) is 6.18 Å². The molecule has 2 N–H and O–H groups in total. The summed E-state index contributed by atoms with van der Waals surface area (Å²) in [4.78, 5) is 34.3. The Labute approximate surface area is 191 Å². The van der Waals surface area contributed by atoms with E-state index in [2.05, 4.69) is 20.3 Å². The quantitative estimate of drug-likeness (QED) is 0.458. The van der Waals surface area contributed by atoms with Gasteiger partial charge in [-0.2, -0.15) is 13.2 Å². The number of aromatic nitrogens is 4. The summed E-state index contributed by atoms with van der Waals surface area (Å²) in [6.07, 6.45) is 3.62. The fourth-order valence-electron chi connectivity index (χ4n) is 2.79. The van der Waals surface area contributed by atoms with Gasteiger partial charge in [-0.3, -0.25) is 9.78 Å². The van der Waals surface area contributed by atoms with E-state index in [0.29, 0.717) is 17.2 Å². The van der Waals surface area contributed by atoms with Gasteiger partial charge in [0.2, 0.25) is 0 Å². The molecule has 11 heteroatoms. The van der Waals surface area contributed by atoms with E-state index in [1.165, 1.54) is 0 Å². The molecule has 0 aliphatic carbocycles. The molecule has 0 fully saturated rings. The molecule has 0 aliphatic heterocycles. The summed E-state index contributed by atoms with van der Waals surface area (Å²) < 4.78 is 33.5. The van der Waals surface area contributed by atoms with Crippen molar-refractivity contribution in [3.8, 4) is 22.5 Å². The Morgan fingerprint density at radius 2 is 1.59 bits per heavy atom. The van der Waals surface area contributed by atoms with Gasteiger partial charge in [0.15, 0.2) is 5.82 Å². The van der Waals surface area contributed by atoms with E-state index in [-0.39, 0.29) is 5.91 Å². The summed E-state index contributed by atoms with van der Waals surface area (Å²) in [5.74, 6) is -2.28. The number of carboxylic acids is 1. The normalized spacial score (nSPS) is 10.7. The molecule has 174 valence electrons. The van der Waals surface area contributed by atoms with Crippen LogP contribution < -0.4 is 5.32 Å². The number of aliphatic carboxylic acids is 1. The summed E-state index contributed by atoms with van der Waals surface area (Å²) in [6.45, 7) is 0. The number of carbonyl (C=O) groups excluding carboxylic acids is 1. The third-order valence-corrected chi connectivity index (χ3v) is 4.42. The Balaban J connectivity index is 0.000000406. The number of pyridine rings is 1. The number of benzene rings is 1. The van der Waals surface area contributed by atoms with Crippen molar-refractivity contribution < 1.29 is 27.9 Å². The Bertz CT molecular complexity index is 1260. The van der Waals surface area contributed by atoms with Crippen LogP contribution in [0.2, 0.25) is 0 Å². The van der Waals surface area contributed by atoms with Gasteiger partial charge in [0.05, 0.1) is 11.9 Å². The molecule has 0 saturated heterocycles. The zero-order valence-corrected chi connectivity index (χ0v) is 17.7. The average molecular weight is 469 g/mol. The third-order valence-electron chi connectivity index (χ3n) is 4.42. The van der Waals surface area contributed by atoms with Crippen LogP contribution in [-0.4, -0.2) is 42.7 Å². The zero-order valence-electron chi connectivity index (χ0n) is 17.7. The lowest BCUT2D eigenvalue weighted by molar-refractivity contribution is -0.192. The van der Waals surface area contributed by atoms with Gasteiger partial charge >= 0.3 is 12.1 Å². The predicted octanol–water partition coefficient (Wildman–Crippen LogP) is 4.43. The molecule has 0 atom stereocenters. The molecule has 0 spiro atoms. The highest BCUT2D eigenvalue weighted by molar-refractivity contribution is 6.04. The average Bonchev–Trinajstić information content (AvgIpc) is 3.22. The summed E-state index contributed by atoms with van der Waals surface area (Å²) >= 11 is 0. The number of aryl methyl sites for hydroxylation is 1. The number of carboxylic acid groups (broad SMARTS) is 1. The van der Waals surface area contributed by atoms with Gasteiger partial charge in [-0.1, -0.05) is 30.3 Å². The second-order valence-corrected chi connectivity index (χ2v) is 6.89. The van der Waals surface area contributed by atoms with Crippen LogP contribution in [0.25, 0.3) is 22.5 Å². The molecule has 0 aliphatic rings. The highest BCUT2D eigenvalue weighted by atomic mass is 19.4. The Morgan fingerprint density at radius 3 is 2.15 bits per heavy atom. The minimum atomic E-state index is -5.08. The Hall–Kier alpha value is -4.54. The molecule has 3 aromatic heterocycles. The SMILES string of the molecule is Cn1cc(-c2cnc(-c3ccccc3)nc2)cc1C(=O)Nc1cccnc1.O=C(O)C(F)(F)F. The van der Waals surface area contributed by atoms with Crippen molar-refractivity contribution >= 4 is 17.6 Å². The van der Waals surface area contributed by atoms with Crippen molar-refractivity contribution in [2.24, 2.45) is 7.05 Å². The van der Waals surface area contributed by atoms with Gasteiger partial charge in [-0.05, 0) is 18.2 Å². The fourth-order valence-corrected chi connectivity index (χ4v) is 2.79. The number of halogens is 3. The van der Waals surface area contributed by atoms with E-state index in [9.17, 15) is 18.0 Å². The standard InChI is InChI=1S/C21H17N5O.C2HF3O2/c1-26-14-16(10-19(26)21(27)25-18-8-5-9-22-13-18)17-11-23-20(24-12-17)15-6-3-2-4-7-15;3-2(4,5)1(6)7/h2-14H,1H3,(H,25,27);(H,6,7). The topological polar surface area (TPSA) is 110 Å². The van der Waals surface area contributed by atoms with Crippen LogP contribution >= 0.6 is 0 Å². The van der Waals surface area contributed by atoms with Crippen LogP contribution in [0, 0.1) is 0 Å². The molecular formula is C23H18F3N5O3. The lowest BCUT2D eigenvalue weighted by Crippen LogP contribution is -2.21. The summed E-state index contributed by atoms with van der Waals surface area (Å²) in [5.41, 5.74) is 3.90. The molecule has 8 nitrogen and oxygen atoms in total. The first-order valence-corrected chi connectivity index (χ1v) is 9.71. The zero-order chi connectivity index (χ0) is 24.7. The van der Waals surface area contributed by atoms with E-state index in [1.54, 1.807) is 41.5 Å². The number of hydrogen-bond donors (Lipinski definition) is 2. The molecule has 1 aromatic carbocycles. The van der Waals surface area contributed by atoms with Gasteiger partial charge in [-0.15, -0.1) is 0 Å². The number of carbonyl (C=O) groups is 2. The third kappa shape index (κ3) is 6.25. The molecule has 1 amide bonds. The van der Waals surface area contributed by atoms with Gasteiger partial charge in [0, 0.05) is 48.5 Å². The van der Waals surface area contributed by atoms with Crippen molar-refractivity contribution in [2.75, 3.05) is 5.32 Å². The molecule has 34 heavy (non-hydrogen) atoms. The lowest BCUT2D eigenvalue weighted by Gasteiger charge is -2.04. The number of amides is 1. The van der Waals surface area contributed by atoms with E-state index >= 15 is 0 Å². The molecule has 3 heterocycles. The number of anilines is 1. The van der Waals surface area contributed by atoms with Gasteiger partial charge in [0.25, 0.3) is 5.91 Å². The molecule has 4 rings (SSSR count). The Kier molecular flexibility index (Phi) is 7.36. The highest BCUT2D eigenvalue weighted by Gasteiger charge is 2.38. The van der Waals surface area contributed by atoms with Crippen LogP contribution in [0.3, 0.4) is 0 Å². The maximum absolute atomic E-state index is 12.5. The number of nitrogens with one attached hydrogen (secondary N) is 1. The van der Waals surface area contributed by atoms with Crippen LogP contribution in [0.5, 0.6) is 0 Å². The number of hydrogen-bond acceptors (Lipinski definition) is 5. The van der Waals surface area contributed by atoms with Gasteiger partial charge < -0.3 is 15.0 Å². The van der Waals surface area contributed by atoms with E-state index in [4.69, 9.17) is 9.90 Å². The lowest BCUT2D eigenvalue weighted by atomic mass is 10.1. The molecule has 0 saturated carbocycles. The van der Waals surface area contributed by atoms with E-state index < -0.39 is 12.1 Å². The molecule has 0 radical (unpaired) electrons.